The van der Waals surface area contributed by atoms with Gasteiger partial charge in [0.15, 0.2) is 0 Å². The Kier molecular flexibility index (Phi) is 10.4. The van der Waals surface area contributed by atoms with Crippen molar-refractivity contribution >= 4 is 30.7 Å². The van der Waals surface area contributed by atoms with Gasteiger partial charge in [-0.2, -0.15) is 0 Å². The Balaban J connectivity index is 0.00000242. The molecular formula is C16H27Cl2N3O2. The molecule has 0 bridgehead atoms. The van der Waals surface area contributed by atoms with E-state index < -0.39 is 0 Å². The van der Waals surface area contributed by atoms with E-state index in [2.05, 4.69) is 27.7 Å². The maximum absolute atomic E-state index is 12.2. The number of rotatable bonds is 5. The lowest BCUT2D eigenvalue weighted by Crippen LogP contribution is -2.55. The summed E-state index contributed by atoms with van der Waals surface area (Å²) in [6.45, 7) is 4.76. The summed E-state index contributed by atoms with van der Waals surface area (Å²) in [7, 11) is 4.09. The number of amides is 1. The number of nitrogens with zero attached hydrogens (tertiary/aromatic N) is 1. The van der Waals surface area contributed by atoms with Crippen molar-refractivity contribution in [1.29, 1.82) is 0 Å². The summed E-state index contributed by atoms with van der Waals surface area (Å²) in [4.78, 5) is 14.3. The van der Waals surface area contributed by atoms with E-state index in [9.17, 15) is 4.79 Å². The minimum absolute atomic E-state index is 0. The molecule has 1 amide bonds. The zero-order valence-corrected chi connectivity index (χ0v) is 15.5. The number of hydrogen-bond donors (Lipinski definition) is 2. The topological polar surface area (TPSA) is 53.6 Å². The third kappa shape index (κ3) is 7.06. The smallest absolute Gasteiger partial charge is 0.240 e. The molecule has 1 aromatic carbocycles. The van der Waals surface area contributed by atoms with Crippen LogP contribution in [0.15, 0.2) is 24.3 Å². The van der Waals surface area contributed by atoms with E-state index in [0.717, 1.165) is 18.7 Å². The summed E-state index contributed by atoms with van der Waals surface area (Å²) in [5, 5.41) is 6.18. The van der Waals surface area contributed by atoms with Crippen LogP contribution in [0.5, 0.6) is 0 Å². The number of benzene rings is 1. The molecule has 0 unspecified atom stereocenters. The zero-order chi connectivity index (χ0) is 15.2. The van der Waals surface area contributed by atoms with Gasteiger partial charge < -0.3 is 20.3 Å². The Hall–Kier alpha value is -0.850. The van der Waals surface area contributed by atoms with Crippen molar-refractivity contribution in [3.8, 4) is 0 Å². The van der Waals surface area contributed by atoms with Crippen LogP contribution in [0, 0.1) is 0 Å². The van der Waals surface area contributed by atoms with Crippen LogP contribution in [-0.4, -0.2) is 50.2 Å². The Bertz CT molecular complexity index is 486. The second-order valence-corrected chi connectivity index (χ2v) is 5.78. The van der Waals surface area contributed by atoms with E-state index >= 15 is 0 Å². The molecule has 2 N–H and O–H groups in total. The van der Waals surface area contributed by atoms with Crippen molar-refractivity contribution in [2.24, 2.45) is 0 Å². The third-order valence-electron chi connectivity index (χ3n) is 3.56. The van der Waals surface area contributed by atoms with Gasteiger partial charge >= 0.3 is 0 Å². The number of carbonyl (C=O) groups excluding carboxylic acids is 1. The Morgan fingerprint density at radius 1 is 1.35 bits per heavy atom. The maximum Gasteiger partial charge on any atom is 0.240 e. The number of hydrogen-bond acceptors (Lipinski definition) is 4. The second kappa shape index (κ2) is 10.8. The molecule has 1 heterocycles. The molecule has 0 radical (unpaired) electrons. The lowest BCUT2D eigenvalue weighted by atomic mass is 10.1. The van der Waals surface area contributed by atoms with Crippen LogP contribution in [0.2, 0.25) is 0 Å². The largest absolute Gasteiger partial charge is 0.375 e. The van der Waals surface area contributed by atoms with Crippen molar-refractivity contribution in [3.05, 3.63) is 35.4 Å². The quantitative estimate of drug-likeness (QED) is 0.833. The van der Waals surface area contributed by atoms with Crippen LogP contribution in [0.4, 0.5) is 0 Å². The predicted octanol–water partition coefficient (Wildman–Crippen LogP) is 1.58. The van der Waals surface area contributed by atoms with Crippen LogP contribution in [-0.2, 0) is 22.6 Å². The van der Waals surface area contributed by atoms with E-state index in [1.165, 1.54) is 5.56 Å². The molecule has 132 valence electrons. The predicted molar refractivity (Wildman–Crippen MR) is 97.4 cm³/mol. The summed E-state index contributed by atoms with van der Waals surface area (Å²) in [5.41, 5.74) is 2.37. The van der Waals surface area contributed by atoms with Crippen molar-refractivity contribution in [3.63, 3.8) is 0 Å². The van der Waals surface area contributed by atoms with Gasteiger partial charge in [0.2, 0.25) is 5.91 Å². The molecule has 2 rings (SSSR count). The third-order valence-corrected chi connectivity index (χ3v) is 3.56. The summed E-state index contributed by atoms with van der Waals surface area (Å²) in [6.07, 6.45) is -0.0844. The number of halogens is 2. The maximum atomic E-state index is 12.2. The van der Waals surface area contributed by atoms with E-state index in [1.54, 1.807) is 0 Å². The van der Waals surface area contributed by atoms with E-state index in [1.807, 2.05) is 33.2 Å². The first kappa shape index (κ1) is 22.1. The molecule has 5 nitrogen and oxygen atoms in total. The molecule has 2 atom stereocenters. The highest BCUT2D eigenvalue weighted by Gasteiger charge is 2.27. The second-order valence-electron chi connectivity index (χ2n) is 5.78. The molecule has 23 heavy (non-hydrogen) atoms. The molecular weight excluding hydrogens is 337 g/mol. The Labute approximate surface area is 151 Å². The van der Waals surface area contributed by atoms with E-state index in [4.69, 9.17) is 4.74 Å². The van der Waals surface area contributed by atoms with Crippen molar-refractivity contribution < 1.29 is 9.53 Å². The molecule has 7 heteroatoms. The molecule has 1 aliphatic heterocycles. The lowest BCUT2D eigenvalue weighted by Gasteiger charge is -2.29. The first-order chi connectivity index (χ1) is 10.1. The van der Waals surface area contributed by atoms with Gasteiger partial charge in [0.05, 0.1) is 12.7 Å². The molecule has 0 saturated carbocycles. The van der Waals surface area contributed by atoms with Gasteiger partial charge in [0.25, 0.3) is 0 Å². The average Bonchev–Trinajstić information content (AvgIpc) is 2.45. The number of nitrogens with one attached hydrogen (secondary N) is 2. The molecule has 1 saturated heterocycles. The number of morpholine rings is 1. The fraction of sp³-hybridized carbons (Fsp3) is 0.562. The molecule has 0 aliphatic carbocycles. The fourth-order valence-electron chi connectivity index (χ4n) is 2.53. The molecule has 1 fully saturated rings. The van der Waals surface area contributed by atoms with Gasteiger partial charge in [-0.1, -0.05) is 24.3 Å². The zero-order valence-electron chi connectivity index (χ0n) is 13.9. The van der Waals surface area contributed by atoms with Crippen LogP contribution < -0.4 is 10.6 Å². The van der Waals surface area contributed by atoms with Crippen molar-refractivity contribution in [1.82, 2.24) is 15.5 Å². The summed E-state index contributed by atoms with van der Waals surface area (Å²) >= 11 is 0. The first-order valence-corrected chi connectivity index (χ1v) is 7.41. The van der Waals surface area contributed by atoms with E-state index in [-0.39, 0.29) is 42.9 Å². The highest BCUT2D eigenvalue weighted by molar-refractivity contribution is 5.85. The highest BCUT2D eigenvalue weighted by Crippen LogP contribution is 2.08. The van der Waals surface area contributed by atoms with Crippen LogP contribution >= 0.6 is 24.8 Å². The van der Waals surface area contributed by atoms with Gasteiger partial charge in [0, 0.05) is 19.6 Å². The molecule has 0 aromatic heterocycles. The van der Waals surface area contributed by atoms with Crippen molar-refractivity contribution in [2.45, 2.75) is 32.2 Å². The van der Waals surface area contributed by atoms with Gasteiger partial charge in [-0.05, 0) is 32.1 Å². The monoisotopic (exact) mass is 363 g/mol. The standard InChI is InChI=1S/C16H25N3O2.2ClH/c1-12-15(17-7-8-21-12)16(20)18-10-13-5-4-6-14(9-13)11-19(2)3;;/h4-6,9,12,15,17H,7-8,10-11H2,1-3H3,(H,18,20);2*1H/t12-,15+;;/m1../s1. The van der Waals surface area contributed by atoms with Gasteiger partial charge in [-0.15, -0.1) is 24.8 Å². The SMILES string of the molecule is C[C@H]1OCCN[C@@H]1C(=O)NCc1cccc(CN(C)C)c1.Cl.Cl. The molecule has 0 spiro atoms. The van der Waals surface area contributed by atoms with Crippen LogP contribution in [0.1, 0.15) is 18.1 Å². The molecule has 1 aliphatic rings. The van der Waals surface area contributed by atoms with Gasteiger partial charge in [-0.3, -0.25) is 4.79 Å². The normalized spacial score (nSPS) is 20.3. The minimum atomic E-state index is -0.260. The van der Waals surface area contributed by atoms with Crippen LogP contribution in [0.25, 0.3) is 0 Å². The number of carbonyl (C=O) groups is 1. The lowest BCUT2D eigenvalue weighted by molar-refractivity contribution is -0.129. The summed E-state index contributed by atoms with van der Waals surface area (Å²) in [5.74, 6) is 0.000197. The Morgan fingerprint density at radius 2 is 2.04 bits per heavy atom. The van der Waals surface area contributed by atoms with Gasteiger partial charge in [-0.25, -0.2) is 0 Å². The first-order valence-electron chi connectivity index (χ1n) is 7.41. The highest BCUT2D eigenvalue weighted by atomic mass is 35.5. The molecule has 1 aromatic rings. The average molecular weight is 364 g/mol. The summed E-state index contributed by atoms with van der Waals surface area (Å²) < 4.78 is 5.50. The fourth-order valence-corrected chi connectivity index (χ4v) is 2.53. The minimum Gasteiger partial charge on any atom is -0.375 e. The number of ether oxygens (including phenoxy) is 1. The summed E-state index contributed by atoms with van der Waals surface area (Å²) in [6, 6.07) is 8.04. The van der Waals surface area contributed by atoms with E-state index in [0.29, 0.717) is 13.2 Å². The van der Waals surface area contributed by atoms with Gasteiger partial charge in [0.1, 0.15) is 6.04 Å². The van der Waals surface area contributed by atoms with Crippen molar-refractivity contribution in [2.75, 3.05) is 27.2 Å². The Morgan fingerprint density at radius 3 is 2.70 bits per heavy atom. The van der Waals surface area contributed by atoms with Crippen LogP contribution in [0.3, 0.4) is 0 Å².